The van der Waals surface area contributed by atoms with Gasteiger partial charge in [-0.2, -0.15) is 0 Å². The molecule has 0 bridgehead atoms. The molecule has 1 amide bonds. The lowest BCUT2D eigenvalue weighted by Crippen LogP contribution is -2.26. The number of nitrogen functional groups attached to an aromatic ring is 1. The van der Waals surface area contributed by atoms with Crippen molar-refractivity contribution in [2.75, 3.05) is 17.7 Å². The van der Waals surface area contributed by atoms with Gasteiger partial charge in [0.2, 0.25) is 0 Å². The molecule has 0 radical (unpaired) electrons. The zero-order chi connectivity index (χ0) is 15.6. The molecule has 0 spiro atoms. The molecule has 0 saturated heterocycles. The number of rotatable bonds is 3. The van der Waals surface area contributed by atoms with Crippen LogP contribution in [0.1, 0.15) is 20.7 Å². The quantitative estimate of drug-likeness (QED) is 0.854. The third-order valence-electron chi connectivity index (χ3n) is 2.97. The molecule has 0 heterocycles. The van der Waals surface area contributed by atoms with Crippen molar-refractivity contribution in [2.24, 2.45) is 0 Å². The van der Waals surface area contributed by atoms with Crippen molar-refractivity contribution in [1.82, 2.24) is 0 Å². The second-order valence-electron chi connectivity index (χ2n) is 4.49. The number of aromatic carboxylic acids is 1. The van der Waals surface area contributed by atoms with Gasteiger partial charge in [-0.1, -0.05) is 11.6 Å². The van der Waals surface area contributed by atoms with Crippen LogP contribution in [0.4, 0.5) is 11.4 Å². The molecule has 0 unspecified atom stereocenters. The summed E-state index contributed by atoms with van der Waals surface area (Å²) in [7, 11) is 1.59. The van der Waals surface area contributed by atoms with Crippen molar-refractivity contribution in [3.63, 3.8) is 0 Å². The Kier molecular flexibility index (Phi) is 4.14. The number of benzene rings is 2. The van der Waals surface area contributed by atoms with Crippen LogP contribution in [0.25, 0.3) is 0 Å². The van der Waals surface area contributed by atoms with Crippen LogP contribution in [-0.4, -0.2) is 24.0 Å². The third kappa shape index (κ3) is 3.32. The highest BCUT2D eigenvalue weighted by molar-refractivity contribution is 6.31. The highest BCUT2D eigenvalue weighted by Gasteiger charge is 2.15. The van der Waals surface area contributed by atoms with Gasteiger partial charge in [0.05, 0.1) is 5.56 Å². The minimum Gasteiger partial charge on any atom is -0.478 e. The lowest BCUT2D eigenvalue weighted by atomic mass is 10.1. The molecule has 6 heteroatoms. The van der Waals surface area contributed by atoms with Crippen LogP contribution in [-0.2, 0) is 0 Å². The molecule has 0 aliphatic heterocycles. The number of halogens is 1. The number of anilines is 2. The molecule has 0 aromatic heterocycles. The van der Waals surface area contributed by atoms with Gasteiger partial charge in [0.15, 0.2) is 0 Å². The van der Waals surface area contributed by atoms with Crippen LogP contribution in [0, 0.1) is 0 Å². The SMILES string of the molecule is CN(C(=O)c1cc(N)cc(Cl)c1)c1ccc(C(=O)O)cc1. The molecule has 2 aromatic carbocycles. The predicted molar refractivity (Wildman–Crippen MR) is 82.0 cm³/mol. The molecule has 0 aliphatic carbocycles. The van der Waals surface area contributed by atoms with E-state index in [0.29, 0.717) is 22.0 Å². The first-order valence-electron chi connectivity index (χ1n) is 6.06. The summed E-state index contributed by atoms with van der Waals surface area (Å²) in [5.74, 6) is -1.30. The Labute approximate surface area is 126 Å². The average molecular weight is 305 g/mol. The van der Waals surface area contributed by atoms with E-state index < -0.39 is 5.97 Å². The Morgan fingerprint density at radius 3 is 2.24 bits per heavy atom. The van der Waals surface area contributed by atoms with E-state index >= 15 is 0 Å². The Hall–Kier alpha value is -2.53. The fourth-order valence-corrected chi connectivity index (χ4v) is 2.12. The molecule has 0 saturated carbocycles. The highest BCUT2D eigenvalue weighted by Crippen LogP contribution is 2.21. The van der Waals surface area contributed by atoms with Crippen molar-refractivity contribution in [2.45, 2.75) is 0 Å². The maximum absolute atomic E-state index is 12.4. The summed E-state index contributed by atoms with van der Waals surface area (Å²) in [5.41, 5.74) is 7.17. The number of carboxylic acid groups (broad SMARTS) is 1. The summed E-state index contributed by atoms with van der Waals surface area (Å²) in [6.07, 6.45) is 0. The number of carboxylic acids is 1. The van der Waals surface area contributed by atoms with Crippen molar-refractivity contribution in [3.05, 3.63) is 58.6 Å². The first-order valence-corrected chi connectivity index (χ1v) is 6.44. The van der Waals surface area contributed by atoms with E-state index in [1.165, 1.54) is 29.2 Å². The first kappa shape index (κ1) is 14.9. The smallest absolute Gasteiger partial charge is 0.335 e. The summed E-state index contributed by atoms with van der Waals surface area (Å²) >= 11 is 5.88. The van der Waals surface area contributed by atoms with Gasteiger partial charge in [-0.05, 0) is 42.5 Å². The number of hydrogen-bond donors (Lipinski definition) is 2. The van der Waals surface area contributed by atoms with Gasteiger partial charge in [0.25, 0.3) is 5.91 Å². The Balaban J connectivity index is 2.28. The Morgan fingerprint density at radius 1 is 1.10 bits per heavy atom. The van der Waals surface area contributed by atoms with Crippen LogP contribution in [0.2, 0.25) is 5.02 Å². The second-order valence-corrected chi connectivity index (χ2v) is 4.93. The highest BCUT2D eigenvalue weighted by atomic mass is 35.5. The van der Waals surface area contributed by atoms with Crippen molar-refractivity contribution in [1.29, 1.82) is 0 Å². The van der Waals surface area contributed by atoms with Crippen molar-refractivity contribution in [3.8, 4) is 0 Å². The van der Waals surface area contributed by atoms with Gasteiger partial charge in [-0.25, -0.2) is 4.79 Å². The normalized spacial score (nSPS) is 10.2. The maximum atomic E-state index is 12.4. The molecule has 2 aromatic rings. The van der Waals surface area contributed by atoms with E-state index in [0.717, 1.165) is 0 Å². The van der Waals surface area contributed by atoms with E-state index in [9.17, 15) is 9.59 Å². The van der Waals surface area contributed by atoms with Gasteiger partial charge in [0.1, 0.15) is 0 Å². The number of hydrogen-bond acceptors (Lipinski definition) is 3. The van der Waals surface area contributed by atoms with E-state index in [4.69, 9.17) is 22.4 Å². The molecular formula is C15H13ClN2O3. The molecule has 0 aliphatic rings. The zero-order valence-electron chi connectivity index (χ0n) is 11.2. The van der Waals surface area contributed by atoms with Crippen LogP contribution in [0.5, 0.6) is 0 Å². The minimum absolute atomic E-state index is 0.159. The molecule has 2 rings (SSSR count). The summed E-state index contributed by atoms with van der Waals surface area (Å²) < 4.78 is 0. The predicted octanol–water partition coefficient (Wildman–Crippen LogP) is 2.90. The van der Waals surface area contributed by atoms with Gasteiger partial charge in [-0.15, -0.1) is 0 Å². The molecule has 0 fully saturated rings. The lowest BCUT2D eigenvalue weighted by Gasteiger charge is -2.18. The fourth-order valence-electron chi connectivity index (χ4n) is 1.87. The minimum atomic E-state index is -1.02. The average Bonchev–Trinajstić information content (AvgIpc) is 2.44. The van der Waals surface area contributed by atoms with Crippen LogP contribution in [0.3, 0.4) is 0 Å². The Morgan fingerprint density at radius 2 is 1.71 bits per heavy atom. The number of carbonyl (C=O) groups excluding carboxylic acids is 1. The van der Waals surface area contributed by atoms with Crippen LogP contribution < -0.4 is 10.6 Å². The fraction of sp³-hybridized carbons (Fsp3) is 0.0667. The van der Waals surface area contributed by atoms with E-state index in [2.05, 4.69) is 0 Å². The van der Waals surface area contributed by atoms with Crippen LogP contribution >= 0.6 is 11.6 Å². The number of nitrogens with zero attached hydrogens (tertiary/aromatic N) is 1. The zero-order valence-corrected chi connectivity index (χ0v) is 12.0. The summed E-state index contributed by atoms with van der Waals surface area (Å²) in [6, 6.07) is 10.6. The van der Waals surface area contributed by atoms with Crippen LogP contribution in [0.15, 0.2) is 42.5 Å². The van der Waals surface area contributed by atoms with E-state index in [1.807, 2.05) is 0 Å². The van der Waals surface area contributed by atoms with E-state index in [-0.39, 0.29) is 11.5 Å². The molecular weight excluding hydrogens is 292 g/mol. The van der Waals surface area contributed by atoms with E-state index in [1.54, 1.807) is 25.2 Å². The molecule has 21 heavy (non-hydrogen) atoms. The molecule has 5 nitrogen and oxygen atoms in total. The second kappa shape index (κ2) is 5.85. The maximum Gasteiger partial charge on any atom is 0.335 e. The van der Waals surface area contributed by atoms with Crippen molar-refractivity contribution >= 4 is 34.9 Å². The largest absolute Gasteiger partial charge is 0.478 e. The molecule has 0 atom stereocenters. The molecule has 3 N–H and O–H groups in total. The Bertz CT molecular complexity index is 678. The number of nitrogens with two attached hydrogens (primary N) is 1. The van der Waals surface area contributed by atoms with Gasteiger partial charge in [0, 0.05) is 29.0 Å². The van der Waals surface area contributed by atoms with Crippen molar-refractivity contribution < 1.29 is 14.7 Å². The number of carbonyl (C=O) groups is 2. The standard InChI is InChI=1S/C15H13ClN2O3/c1-18(13-4-2-9(3-5-13)15(20)21)14(19)10-6-11(16)8-12(17)7-10/h2-8H,17H2,1H3,(H,20,21). The summed E-state index contributed by atoms with van der Waals surface area (Å²) in [6.45, 7) is 0. The topological polar surface area (TPSA) is 83.6 Å². The monoisotopic (exact) mass is 304 g/mol. The summed E-state index contributed by atoms with van der Waals surface area (Å²) in [5, 5.41) is 9.24. The third-order valence-corrected chi connectivity index (χ3v) is 3.19. The van der Waals surface area contributed by atoms with Gasteiger partial charge >= 0.3 is 5.97 Å². The molecule has 108 valence electrons. The van der Waals surface area contributed by atoms with Gasteiger partial charge < -0.3 is 15.7 Å². The van der Waals surface area contributed by atoms with Gasteiger partial charge in [-0.3, -0.25) is 4.79 Å². The lowest BCUT2D eigenvalue weighted by molar-refractivity contribution is 0.0696. The summed E-state index contributed by atoms with van der Waals surface area (Å²) in [4.78, 5) is 24.6. The first-order chi connectivity index (χ1) is 9.88. The number of amides is 1.